The van der Waals surface area contributed by atoms with Crippen LogP contribution < -0.4 is 0 Å². The summed E-state index contributed by atoms with van der Waals surface area (Å²) in [5.41, 5.74) is 0.531. The van der Waals surface area contributed by atoms with Gasteiger partial charge < -0.3 is 4.85 Å². The second kappa shape index (κ2) is 3.82. The normalized spacial score (nSPS) is 9.42. The second-order valence-corrected chi connectivity index (χ2v) is 2.41. The van der Waals surface area contributed by atoms with Gasteiger partial charge in [0.25, 0.3) is 0 Å². The molecule has 0 fully saturated rings. The quantitative estimate of drug-likeness (QED) is 0.596. The Morgan fingerprint density at radius 1 is 1.17 bits per heavy atom. The Balaban J connectivity index is 2.80. The fourth-order valence-corrected chi connectivity index (χ4v) is 0.940. The average molecular weight is 167 g/mol. The van der Waals surface area contributed by atoms with Crippen molar-refractivity contribution in [3.05, 3.63) is 46.8 Å². The summed E-state index contributed by atoms with van der Waals surface area (Å²) in [5.74, 6) is -1.18. The summed E-state index contributed by atoms with van der Waals surface area (Å²) in [6, 6.07) is 3.31. The van der Waals surface area contributed by atoms with Gasteiger partial charge in [-0.15, -0.1) is 0 Å². The maximum absolute atomic E-state index is 12.5. The van der Waals surface area contributed by atoms with Crippen molar-refractivity contribution in [1.82, 2.24) is 0 Å². The van der Waals surface area contributed by atoms with E-state index in [1.807, 2.05) is 0 Å². The van der Waals surface area contributed by atoms with E-state index in [1.165, 1.54) is 12.1 Å². The minimum absolute atomic E-state index is 0.267. The van der Waals surface area contributed by atoms with Crippen molar-refractivity contribution in [2.75, 3.05) is 6.54 Å². The zero-order valence-electron chi connectivity index (χ0n) is 6.35. The van der Waals surface area contributed by atoms with Crippen LogP contribution in [0, 0.1) is 18.2 Å². The third-order valence-corrected chi connectivity index (χ3v) is 1.43. The maximum Gasteiger partial charge on any atom is 0.218 e. The largest absolute Gasteiger partial charge is 0.317 e. The highest BCUT2D eigenvalue weighted by Crippen LogP contribution is 2.08. The Bertz CT molecular complexity index is 295. The lowest BCUT2D eigenvalue weighted by Gasteiger charge is -1.96. The third-order valence-electron chi connectivity index (χ3n) is 1.43. The highest BCUT2D eigenvalue weighted by atomic mass is 19.1. The third kappa shape index (κ3) is 2.31. The fraction of sp³-hybridized carbons (Fsp3) is 0.222. The SMILES string of the molecule is [C-]#[N+]CCc1cc(F)cc(F)c1. The van der Waals surface area contributed by atoms with Crippen LogP contribution in [0.1, 0.15) is 5.56 Å². The summed E-state index contributed by atoms with van der Waals surface area (Å²) in [5, 5.41) is 0. The summed E-state index contributed by atoms with van der Waals surface area (Å²) in [6.45, 7) is 6.76. The van der Waals surface area contributed by atoms with Gasteiger partial charge in [-0.2, -0.15) is 0 Å². The first-order valence-electron chi connectivity index (χ1n) is 3.50. The van der Waals surface area contributed by atoms with E-state index in [9.17, 15) is 8.78 Å². The van der Waals surface area contributed by atoms with Crippen LogP contribution in [-0.2, 0) is 6.42 Å². The van der Waals surface area contributed by atoms with Crippen LogP contribution in [-0.4, -0.2) is 6.54 Å². The van der Waals surface area contributed by atoms with Crippen LogP contribution in [0.15, 0.2) is 18.2 Å². The molecule has 1 nitrogen and oxygen atoms in total. The van der Waals surface area contributed by atoms with E-state index in [2.05, 4.69) is 4.85 Å². The van der Waals surface area contributed by atoms with Crippen molar-refractivity contribution in [2.24, 2.45) is 0 Å². The van der Waals surface area contributed by atoms with Gasteiger partial charge in [0.05, 0.1) is 0 Å². The Kier molecular flexibility index (Phi) is 2.76. The van der Waals surface area contributed by atoms with Crippen LogP contribution in [0.4, 0.5) is 8.78 Å². The van der Waals surface area contributed by atoms with E-state index in [0.717, 1.165) is 6.07 Å². The molecule has 1 rings (SSSR count). The molecule has 0 atom stereocenters. The van der Waals surface area contributed by atoms with Crippen LogP contribution in [0.3, 0.4) is 0 Å². The Labute approximate surface area is 69.5 Å². The number of halogens is 2. The summed E-state index contributed by atoms with van der Waals surface area (Å²) in [4.78, 5) is 3.10. The number of hydrogen-bond donors (Lipinski definition) is 0. The molecular weight excluding hydrogens is 160 g/mol. The molecule has 0 saturated carbocycles. The number of nitrogens with zero attached hydrogens (tertiary/aromatic N) is 1. The van der Waals surface area contributed by atoms with Crippen LogP contribution >= 0.6 is 0 Å². The molecule has 0 bridgehead atoms. The predicted octanol–water partition coefficient (Wildman–Crippen LogP) is 2.43. The zero-order valence-corrected chi connectivity index (χ0v) is 6.35. The second-order valence-electron chi connectivity index (χ2n) is 2.41. The highest BCUT2D eigenvalue weighted by molar-refractivity contribution is 5.18. The van der Waals surface area contributed by atoms with Gasteiger partial charge in [0.2, 0.25) is 6.54 Å². The Hall–Kier alpha value is -1.43. The van der Waals surface area contributed by atoms with Crippen LogP contribution in [0.25, 0.3) is 4.85 Å². The number of benzene rings is 1. The molecule has 0 aliphatic heterocycles. The Morgan fingerprint density at radius 2 is 1.75 bits per heavy atom. The molecule has 1 aromatic rings. The van der Waals surface area contributed by atoms with Gasteiger partial charge in [-0.05, 0) is 17.7 Å². The van der Waals surface area contributed by atoms with Crippen LogP contribution in [0.2, 0.25) is 0 Å². The summed E-state index contributed by atoms with van der Waals surface area (Å²) in [6.07, 6.45) is 0.401. The minimum atomic E-state index is -0.588. The molecule has 12 heavy (non-hydrogen) atoms. The number of hydrogen-bond acceptors (Lipinski definition) is 0. The van der Waals surface area contributed by atoms with Gasteiger partial charge in [0.15, 0.2) is 0 Å². The van der Waals surface area contributed by atoms with E-state index >= 15 is 0 Å². The smallest absolute Gasteiger partial charge is 0.218 e. The molecule has 0 aliphatic rings. The Morgan fingerprint density at radius 3 is 2.25 bits per heavy atom. The molecule has 3 heteroatoms. The maximum atomic E-state index is 12.5. The molecule has 0 N–H and O–H groups in total. The molecular formula is C9H7F2N. The van der Waals surface area contributed by atoms with Gasteiger partial charge >= 0.3 is 0 Å². The molecule has 0 aliphatic carbocycles. The lowest BCUT2D eigenvalue weighted by atomic mass is 10.1. The van der Waals surface area contributed by atoms with Gasteiger partial charge in [-0.3, -0.25) is 0 Å². The molecule has 0 heterocycles. The first-order valence-corrected chi connectivity index (χ1v) is 3.50. The van der Waals surface area contributed by atoms with Crippen molar-refractivity contribution >= 4 is 0 Å². The van der Waals surface area contributed by atoms with Crippen LogP contribution in [0.5, 0.6) is 0 Å². The highest BCUT2D eigenvalue weighted by Gasteiger charge is 2.00. The molecule has 0 unspecified atom stereocenters. The molecule has 0 amide bonds. The van der Waals surface area contributed by atoms with Gasteiger partial charge in [-0.1, -0.05) is 0 Å². The lowest BCUT2D eigenvalue weighted by molar-refractivity contribution is 0.580. The zero-order chi connectivity index (χ0) is 8.97. The lowest BCUT2D eigenvalue weighted by Crippen LogP contribution is -1.90. The molecule has 62 valence electrons. The first kappa shape index (κ1) is 8.66. The first-order chi connectivity index (χ1) is 5.72. The summed E-state index contributed by atoms with van der Waals surface area (Å²) < 4.78 is 25.1. The van der Waals surface area contributed by atoms with Crippen molar-refractivity contribution in [3.8, 4) is 0 Å². The van der Waals surface area contributed by atoms with E-state index in [-0.39, 0.29) is 6.54 Å². The fourth-order valence-electron chi connectivity index (χ4n) is 0.940. The monoisotopic (exact) mass is 167 g/mol. The van der Waals surface area contributed by atoms with Crippen molar-refractivity contribution in [1.29, 1.82) is 0 Å². The van der Waals surface area contributed by atoms with E-state index in [1.54, 1.807) is 0 Å². The van der Waals surface area contributed by atoms with E-state index in [4.69, 9.17) is 6.57 Å². The standard InChI is InChI=1S/C9H7F2N/c1-12-3-2-7-4-8(10)6-9(11)5-7/h4-6H,2-3H2. The summed E-state index contributed by atoms with van der Waals surface area (Å²) >= 11 is 0. The van der Waals surface area contributed by atoms with Gasteiger partial charge in [0, 0.05) is 12.5 Å². The number of rotatable bonds is 2. The van der Waals surface area contributed by atoms with Crippen molar-refractivity contribution < 1.29 is 8.78 Å². The molecule has 0 radical (unpaired) electrons. The summed E-state index contributed by atoms with van der Waals surface area (Å²) in [7, 11) is 0. The minimum Gasteiger partial charge on any atom is -0.317 e. The predicted molar refractivity (Wildman–Crippen MR) is 41.5 cm³/mol. The molecule has 0 aromatic heterocycles. The van der Waals surface area contributed by atoms with Gasteiger partial charge in [0.1, 0.15) is 11.6 Å². The topological polar surface area (TPSA) is 4.36 Å². The molecule has 1 aromatic carbocycles. The van der Waals surface area contributed by atoms with E-state index < -0.39 is 11.6 Å². The molecule has 0 spiro atoms. The molecule has 0 saturated heterocycles. The van der Waals surface area contributed by atoms with Gasteiger partial charge in [-0.25, -0.2) is 15.4 Å². The van der Waals surface area contributed by atoms with Crippen molar-refractivity contribution in [3.63, 3.8) is 0 Å². The van der Waals surface area contributed by atoms with Crippen molar-refractivity contribution in [2.45, 2.75) is 6.42 Å². The average Bonchev–Trinajstić information content (AvgIpc) is 1.99. The van der Waals surface area contributed by atoms with E-state index in [0.29, 0.717) is 12.0 Å².